The molecule has 0 spiro atoms. The molecule has 0 saturated carbocycles. The summed E-state index contributed by atoms with van der Waals surface area (Å²) in [5.41, 5.74) is 0. The minimum absolute atomic E-state index is 0.506. The third-order valence-corrected chi connectivity index (χ3v) is 13.8. The molecule has 9 nitrogen and oxygen atoms in total. The SMILES string of the molecule is CCO[Si](CCCCCc1sc(-c2sc(-c3scc4c3OCCO4)c3c2OCCO3)c2c1OCCO2)(OCC)OCC. The van der Waals surface area contributed by atoms with Crippen molar-refractivity contribution in [3.8, 4) is 54.0 Å². The molecule has 13 heteroatoms. The Morgan fingerprint density at radius 3 is 1.76 bits per heavy atom. The lowest BCUT2D eigenvalue weighted by Gasteiger charge is -2.28. The highest BCUT2D eigenvalue weighted by molar-refractivity contribution is 7.27. The fourth-order valence-corrected chi connectivity index (χ4v) is 11.7. The van der Waals surface area contributed by atoms with Crippen LogP contribution >= 0.6 is 34.0 Å². The van der Waals surface area contributed by atoms with Crippen LogP contribution in [0.5, 0.6) is 34.5 Å². The first-order chi connectivity index (χ1) is 20.7. The Hall–Kier alpha value is -2.00. The van der Waals surface area contributed by atoms with E-state index in [0.717, 1.165) is 85.7 Å². The number of hydrogen-bond donors (Lipinski definition) is 0. The second kappa shape index (κ2) is 13.7. The predicted molar refractivity (Wildman–Crippen MR) is 167 cm³/mol. The van der Waals surface area contributed by atoms with E-state index in [9.17, 15) is 0 Å². The smallest absolute Gasteiger partial charge is 0.485 e. The van der Waals surface area contributed by atoms with E-state index in [2.05, 4.69) is 0 Å². The highest BCUT2D eigenvalue weighted by atomic mass is 32.1. The van der Waals surface area contributed by atoms with Crippen molar-refractivity contribution >= 4 is 42.8 Å². The van der Waals surface area contributed by atoms with Gasteiger partial charge in [0.2, 0.25) is 0 Å². The number of unbranched alkanes of at least 4 members (excludes halogenated alkanes) is 2. The van der Waals surface area contributed by atoms with Gasteiger partial charge in [-0.25, -0.2) is 0 Å². The van der Waals surface area contributed by atoms with Crippen molar-refractivity contribution in [2.45, 2.75) is 52.5 Å². The van der Waals surface area contributed by atoms with E-state index >= 15 is 0 Å². The molecule has 0 aromatic carbocycles. The van der Waals surface area contributed by atoms with E-state index in [1.54, 1.807) is 34.0 Å². The Labute approximate surface area is 259 Å². The molecular weight excluding hydrogens is 617 g/mol. The molecule has 0 aliphatic carbocycles. The average Bonchev–Trinajstić information content (AvgIpc) is 3.71. The molecule has 0 fully saturated rings. The largest absolute Gasteiger partial charge is 0.500 e. The van der Waals surface area contributed by atoms with Crippen molar-refractivity contribution in [2.75, 3.05) is 59.5 Å². The van der Waals surface area contributed by atoms with Gasteiger partial charge in [-0.2, -0.15) is 0 Å². The molecule has 3 aromatic heterocycles. The molecule has 0 radical (unpaired) electrons. The standard InChI is InChI=1S/C29H38O9S3Si/c1-4-36-42(37-5-2,38-6-3)17-9-7-8-10-20-22-23(33-14-13-32-22)28(40-20)29-25-24(34-15-16-35-25)27(41-29)26-21-19(18-39-26)30-11-12-31-21/h18H,4-17H2,1-3H3. The molecule has 230 valence electrons. The summed E-state index contributed by atoms with van der Waals surface area (Å²) in [7, 11) is -2.61. The average molecular weight is 655 g/mol. The lowest BCUT2D eigenvalue weighted by molar-refractivity contribution is 0.0706. The Bertz CT molecular complexity index is 1330. The minimum atomic E-state index is -2.61. The molecule has 0 saturated heterocycles. The van der Waals surface area contributed by atoms with Crippen LogP contribution in [0.15, 0.2) is 5.38 Å². The molecule has 3 aliphatic heterocycles. The maximum atomic E-state index is 6.23. The molecule has 0 unspecified atom stereocenters. The van der Waals surface area contributed by atoms with Crippen LogP contribution in [0.2, 0.25) is 6.04 Å². The number of thiophene rings is 3. The Kier molecular flexibility index (Phi) is 9.83. The first kappa shape index (κ1) is 30.0. The van der Waals surface area contributed by atoms with Gasteiger partial charge in [0.25, 0.3) is 0 Å². The number of ether oxygens (including phenoxy) is 6. The summed E-state index contributed by atoms with van der Waals surface area (Å²) in [5.74, 6) is 4.80. The van der Waals surface area contributed by atoms with Crippen LogP contribution in [0.3, 0.4) is 0 Å². The first-order valence-corrected chi connectivity index (χ1v) is 19.3. The number of fused-ring (bicyclic) bond motifs is 3. The van der Waals surface area contributed by atoms with E-state index in [0.29, 0.717) is 59.5 Å². The number of rotatable bonds is 14. The maximum absolute atomic E-state index is 6.23. The molecule has 0 N–H and O–H groups in total. The summed E-state index contributed by atoms with van der Waals surface area (Å²) in [5, 5.41) is 2.00. The van der Waals surface area contributed by atoms with Crippen molar-refractivity contribution < 1.29 is 41.7 Å². The summed E-state index contributed by atoms with van der Waals surface area (Å²) in [6, 6.07) is 0.832. The number of hydrogen-bond acceptors (Lipinski definition) is 12. The first-order valence-electron chi connectivity index (χ1n) is 14.8. The second-order valence-corrected chi connectivity index (χ2v) is 15.6. The second-order valence-electron chi connectivity index (χ2n) is 9.82. The molecule has 3 aromatic rings. The van der Waals surface area contributed by atoms with E-state index < -0.39 is 8.80 Å². The van der Waals surface area contributed by atoms with Gasteiger partial charge in [-0.15, -0.1) is 34.0 Å². The zero-order chi connectivity index (χ0) is 28.9. The molecule has 3 aliphatic rings. The Morgan fingerprint density at radius 2 is 1.12 bits per heavy atom. The van der Waals surface area contributed by atoms with Gasteiger partial charge in [0.1, 0.15) is 39.6 Å². The van der Waals surface area contributed by atoms with Gasteiger partial charge >= 0.3 is 8.80 Å². The highest BCUT2D eigenvalue weighted by Crippen LogP contribution is 2.62. The van der Waals surface area contributed by atoms with Crippen LogP contribution in [-0.2, 0) is 19.7 Å². The van der Waals surface area contributed by atoms with Crippen LogP contribution < -0.4 is 28.4 Å². The van der Waals surface area contributed by atoms with Crippen LogP contribution in [0.1, 0.15) is 44.9 Å². The zero-order valence-electron chi connectivity index (χ0n) is 24.4. The van der Waals surface area contributed by atoms with Crippen molar-refractivity contribution in [3.63, 3.8) is 0 Å². The predicted octanol–water partition coefficient (Wildman–Crippen LogP) is 7.28. The Balaban J connectivity index is 1.23. The molecule has 0 amide bonds. The lowest BCUT2D eigenvalue weighted by atomic mass is 10.1. The van der Waals surface area contributed by atoms with Gasteiger partial charge in [0.15, 0.2) is 34.5 Å². The Morgan fingerprint density at radius 1 is 0.595 bits per heavy atom. The van der Waals surface area contributed by atoms with Gasteiger partial charge in [-0.05, 0) is 40.0 Å². The van der Waals surface area contributed by atoms with E-state index in [4.69, 9.17) is 41.7 Å². The third-order valence-electron chi connectivity index (χ3n) is 7.06. The van der Waals surface area contributed by atoms with Gasteiger partial charge < -0.3 is 41.7 Å². The van der Waals surface area contributed by atoms with Crippen LogP contribution in [0, 0.1) is 0 Å². The van der Waals surface area contributed by atoms with Crippen molar-refractivity contribution in [2.24, 2.45) is 0 Å². The fourth-order valence-electron chi connectivity index (χ4n) is 5.40. The van der Waals surface area contributed by atoms with Crippen molar-refractivity contribution in [1.29, 1.82) is 0 Å². The fraction of sp³-hybridized carbons (Fsp3) is 0.586. The number of aryl methyl sites for hydroxylation is 1. The summed E-state index contributed by atoms with van der Waals surface area (Å²) in [4.78, 5) is 5.26. The van der Waals surface area contributed by atoms with E-state index in [1.165, 1.54) is 4.88 Å². The van der Waals surface area contributed by atoms with Gasteiger partial charge in [0.05, 0.1) is 24.4 Å². The molecule has 0 bridgehead atoms. The monoisotopic (exact) mass is 654 g/mol. The summed E-state index contributed by atoms with van der Waals surface area (Å²) < 4.78 is 54.8. The van der Waals surface area contributed by atoms with Gasteiger partial charge in [0, 0.05) is 31.2 Å². The summed E-state index contributed by atoms with van der Waals surface area (Å²) in [6.07, 6.45) is 3.97. The molecule has 42 heavy (non-hydrogen) atoms. The lowest BCUT2D eigenvalue weighted by Crippen LogP contribution is -2.45. The highest BCUT2D eigenvalue weighted by Gasteiger charge is 2.40. The van der Waals surface area contributed by atoms with Crippen LogP contribution in [0.4, 0.5) is 0 Å². The molecule has 6 heterocycles. The molecular formula is C29H38O9S3Si. The third kappa shape index (κ3) is 6.01. The van der Waals surface area contributed by atoms with Crippen molar-refractivity contribution in [1.82, 2.24) is 0 Å². The van der Waals surface area contributed by atoms with E-state index in [1.807, 2.05) is 26.2 Å². The van der Waals surface area contributed by atoms with Crippen LogP contribution in [0.25, 0.3) is 19.5 Å². The quantitative estimate of drug-likeness (QED) is 0.132. The van der Waals surface area contributed by atoms with Gasteiger partial charge in [-0.1, -0.05) is 6.42 Å². The van der Waals surface area contributed by atoms with Crippen LogP contribution in [-0.4, -0.2) is 68.3 Å². The topological polar surface area (TPSA) is 83.1 Å². The maximum Gasteiger partial charge on any atom is 0.500 e. The van der Waals surface area contributed by atoms with E-state index in [-0.39, 0.29) is 0 Å². The zero-order valence-corrected chi connectivity index (χ0v) is 27.8. The summed E-state index contributed by atoms with van der Waals surface area (Å²) >= 11 is 5.00. The minimum Gasteiger partial charge on any atom is -0.485 e. The van der Waals surface area contributed by atoms with Gasteiger partial charge in [-0.3, -0.25) is 0 Å². The molecule has 0 atom stereocenters. The van der Waals surface area contributed by atoms with Crippen molar-refractivity contribution in [3.05, 3.63) is 10.3 Å². The molecule has 6 rings (SSSR count). The normalized spacial score (nSPS) is 15.7. The summed E-state index contributed by atoms with van der Waals surface area (Å²) in [6.45, 7) is 11.0.